The topological polar surface area (TPSA) is 78.9 Å². The summed E-state index contributed by atoms with van der Waals surface area (Å²) in [6.45, 7) is 13.1. The van der Waals surface area contributed by atoms with Gasteiger partial charge in [-0.05, 0) is 51.9 Å². The van der Waals surface area contributed by atoms with Gasteiger partial charge in [0.05, 0.1) is 12.2 Å². The van der Waals surface area contributed by atoms with E-state index in [9.17, 15) is 4.79 Å². The number of hydrogen-bond acceptors (Lipinski definition) is 5. The fourth-order valence-electron chi connectivity index (χ4n) is 3.24. The Morgan fingerprint density at radius 2 is 2.13 bits per heavy atom. The summed E-state index contributed by atoms with van der Waals surface area (Å²) in [4.78, 5) is 23.1. The van der Waals surface area contributed by atoms with Gasteiger partial charge in [-0.2, -0.15) is 0 Å². The molecule has 2 heterocycles. The molecule has 1 aliphatic rings. The first kappa shape index (κ1) is 26.9. The van der Waals surface area contributed by atoms with Crippen LogP contribution in [0, 0.1) is 5.92 Å². The van der Waals surface area contributed by atoms with Gasteiger partial charge in [0.15, 0.2) is 5.96 Å². The van der Waals surface area contributed by atoms with Crippen LogP contribution in [-0.4, -0.2) is 54.2 Å². The molecule has 0 radical (unpaired) electrons. The molecule has 2 N–H and O–H groups in total. The molecule has 1 unspecified atom stereocenters. The normalized spacial score (nSPS) is 17.5. The highest BCUT2D eigenvalue weighted by Crippen LogP contribution is 2.21. The van der Waals surface area contributed by atoms with Gasteiger partial charge in [0.25, 0.3) is 0 Å². The fourth-order valence-corrected chi connectivity index (χ4v) is 4.13. The maximum atomic E-state index is 12.3. The van der Waals surface area contributed by atoms with Crippen LogP contribution in [0.1, 0.15) is 70.5 Å². The molecule has 2 rings (SSSR count). The summed E-state index contributed by atoms with van der Waals surface area (Å²) >= 11 is 1.68. The Balaban J connectivity index is 0.00000450. The number of nitrogens with one attached hydrogen (secondary N) is 2. The highest BCUT2D eigenvalue weighted by molar-refractivity contribution is 14.0. The Morgan fingerprint density at radius 3 is 2.73 bits per heavy atom. The van der Waals surface area contributed by atoms with Crippen molar-refractivity contribution in [2.75, 3.05) is 26.7 Å². The Hall–Kier alpha value is -1.10. The van der Waals surface area contributed by atoms with Crippen LogP contribution in [0.5, 0.6) is 0 Å². The second-order valence-electron chi connectivity index (χ2n) is 8.90. The van der Waals surface area contributed by atoms with E-state index in [1.807, 2.05) is 25.7 Å². The number of carbonyl (C=O) groups excluding carboxylic acids is 1. The van der Waals surface area contributed by atoms with E-state index in [-0.39, 0.29) is 30.1 Å². The summed E-state index contributed by atoms with van der Waals surface area (Å²) < 4.78 is 5.51. The Bertz CT molecular complexity index is 687. The van der Waals surface area contributed by atoms with Crippen LogP contribution < -0.4 is 10.6 Å². The number of thiazole rings is 1. The van der Waals surface area contributed by atoms with E-state index in [4.69, 9.17) is 4.74 Å². The third-order valence-corrected chi connectivity index (χ3v) is 5.67. The van der Waals surface area contributed by atoms with Crippen LogP contribution in [0.15, 0.2) is 10.4 Å². The van der Waals surface area contributed by atoms with Gasteiger partial charge in [-0.1, -0.05) is 13.8 Å². The maximum Gasteiger partial charge on any atom is 0.410 e. The molecular weight excluding hydrogens is 513 g/mol. The molecule has 30 heavy (non-hydrogen) atoms. The van der Waals surface area contributed by atoms with Crippen LogP contribution in [0.25, 0.3) is 0 Å². The molecule has 1 aromatic heterocycles. The van der Waals surface area contributed by atoms with Gasteiger partial charge in [0, 0.05) is 32.1 Å². The Kier molecular flexibility index (Phi) is 11.4. The number of aromatic nitrogens is 1. The Morgan fingerprint density at radius 1 is 1.40 bits per heavy atom. The van der Waals surface area contributed by atoms with E-state index in [2.05, 4.69) is 39.8 Å². The zero-order valence-corrected chi connectivity index (χ0v) is 22.3. The van der Waals surface area contributed by atoms with Crippen LogP contribution in [0.4, 0.5) is 4.79 Å². The molecule has 0 bridgehead atoms. The fraction of sp³-hybridized carbons (Fsp3) is 0.762. The molecule has 7 nitrogen and oxygen atoms in total. The lowest BCUT2D eigenvalue weighted by Gasteiger charge is -2.34. The second-order valence-corrected chi connectivity index (χ2v) is 9.84. The molecule has 1 aromatic rings. The standard InChI is InChI=1S/C21H37N5O2S.HI/c1-15(2)17-14-29-18(25-17)12-24-19(22-6)23-10-9-16-8-7-11-26(13-16)20(27)28-21(3,4)5;/h14-16H,7-13H2,1-6H3,(H2,22,23,24);1H. The lowest BCUT2D eigenvalue weighted by atomic mass is 9.95. The number of rotatable bonds is 6. The molecule has 0 aromatic carbocycles. The molecule has 1 aliphatic heterocycles. The molecule has 0 spiro atoms. The Labute approximate surface area is 202 Å². The van der Waals surface area contributed by atoms with Crippen molar-refractivity contribution in [2.24, 2.45) is 10.9 Å². The number of nitrogens with zero attached hydrogens (tertiary/aromatic N) is 3. The highest BCUT2D eigenvalue weighted by Gasteiger charge is 2.27. The molecule has 0 saturated carbocycles. The number of hydrogen-bond donors (Lipinski definition) is 2. The molecule has 1 saturated heterocycles. The summed E-state index contributed by atoms with van der Waals surface area (Å²) in [7, 11) is 1.78. The molecule has 1 atom stereocenters. The van der Waals surface area contributed by atoms with Gasteiger partial charge in [-0.15, -0.1) is 35.3 Å². The van der Waals surface area contributed by atoms with E-state index in [0.717, 1.165) is 55.6 Å². The van der Waals surface area contributed by atoms with E-state index in [1.54, 1.807) is 18.4 Å². The van der Waals surface area contributed by atoms with E-state index >= 15 is 0 Å². The van der Waals surface area contributed by atoms with Gasteiger partial charge in [-0.25, -0.2) is 9.78 Å². The van der Waals surface area contributed by atoms with Gasteiger partial charge in [0.2, 0.25) is 0 Å². The average molecular weight is 552 g/mol. The summed E-state index contributed by atoms with van der Waals surface area (Å²) in [6.07, 6.45) is 2.97. The first-order chi connectivity index (χ1) is 13.7. The van der Waals surface area contributed by atoms with E-state index < -0.39 is 5.60 Å². The average Bonchev–Trinajstić information content (AvgIpc) is 3.13. The first-order valence-electron chi connectivity index (χ1n) is 10.5. The third-order valence-electron chi connectivity index (χ3n) is 4.81. The molecule has 1 amide bonds. The monoisotopic (exact) mass is 551 g/mol. The minimum absolute atomic E-state index is 0. The predicted molar refractivity (Wildman–Crippen MR) is 135 cm³/mol. The number of likely N-dealkylation sites (tertiary alicyclic amines) is 1. The maximum absolute atomic E-state index is 12.3. The van der Waals surface area contributed by atoms with E-state index in [0.29, 0.717) is 18.4 Å². The lowest BCUT2D eigenvalue weighted by Crippen LogP contribution is -2.44. The van der Waals surface area contributed by atoms with Crippen molar-refractivity contribution in [3.8, 4) is 0 Å². The molecule has 9 heteroatoms. The van der Waals surface area contributed by atoms with Crippen molar-refractivity contribution in [2.45, 2.75) is 71.9 Å². The zero-order valence-electron chi connectivity index (χ0n) is 19.2. The zero-order chi connectivity index (χ0) is 21.4. The van der Waals surface area contributed by atoms with Crippen molar-refractivity contribution in [1.82, 2.24) is 20.5 Å². The lowest BCUT2D eigenvalue weighted by molar-refractivity contribution is 0.0162. The minimum atomic E-state index is -0.447. The van der Waals surface area contributed by atoms with Gasteiger partial charge < -0.3 is 20.3 Å². The number of halogens is 1. The number of ether oxygens (including phenoxy) is 1. The molecule has 1 fully saturated rings. The summed E-state index contributed by atoms with van der Waals surface area (Å²) in [6, 6.07) is 0. The number of carbonyl (C=O) groups is 1. The summed E-state index contributed by atoms with van der Waals surface area (Å²) in [5, 5.41) is 9.90. The quantitative estimate of drug-likeness (QED) is 0.307. The van der Waals surface area contributed by atoms with Crippen molar-refractivity contribution >= 4 is 47.4 Å². The first-order valence-corrected chi connectivity index (χ1v) is 11.4. The minimum Gasteiger partial charge on any atom is -0.444 e. The van der Waals surface area contributed by atoms with Crippen LogP contribution in [0.3, 0.4) is 0 Å². The largest absolute Gasteiger partial charge is 0.444 e. The van der Waals surface area contributed by atoms with Gasteiger partial charge in [0.1, 0.15) is 10.6 Å². The molecular formula is C21H38IN5O2S. The van der Waals surface area contributed by atoms with Crippen LogP contribution in [-0.2, 0) is 11.3 Å². The molecule has 0 aliphatic carbocycles. The van der Waals surface area contributed by atoms with Crippen molar-refractivity contribution in [1.29, 1.82) is 0 Å². The van der Waals surface area contributed by atoms with Crippen molar-refractivity contribution in [3.63, 3.8) is 0 Å². The number of aliphatic imine (C=N–C) groups is 1. The third kappa shape index (κ3) is 9.36. The van der Waals surface area contributed by atoms with Crippen LogP contribution in [0.2, 0.25) is 0 Å². The van der Waals surface area contributed by atoms with Gasteiger partial charge >= 0.3 is 6.09 Å². The second kappa shape index (κ2) is 12.7. The SMILES string of the molecule is CN=C(NCCC1CCCN(C(=O)OC(C)(C)C)C1)NCc1nc(C(C)C)cs1.I. The van der Waals surface area contributed by atoms with Gasteiger partial charge in [-0.3, -0.25) is 4.99 Å². The number of guanidine groups is 1. The summed E-state index contributed by atoms with van der Waals surface area (Å²) in [5.74, 6) is 1.72. The highest BCUT2D eigenvalue weighted by atomic mass is 127. The number of amides is 1. The van der Waals surface area contributed by atoms with E-state index in [1.165, 1.54) is 0 Å². The smallest absolute Gasteiger partial charge is 0.410 e. The molecule has 172 valence electrons. The summed E-state index contributed by atoms with van der Waals surface area (Å²) in [5.41, 5.74) is 0.693. The van der Waals surface area contributed by atoms with Crippen molar-refractivity contribution < 1.29 is 9.53 Å². The number of piperidine rings is 1. The van der Waals surface area contributed by atoms with Crippen LogP contribution >= 0.6 is 35.3 Å². The predicted octanol–water partition coefficient (Wildman–Crippen LogP) is 4.59. The van der Waals surface area contributed by atoms with Crippen molar-refractivity contribution in [3.05, 3.63) is 16.1 Å².